The molecule has 0 aromatic heterocycles. The van der Waals surface area contributed by atoms with E-state index in [2.05, 4.69) is 0 Å². The number of carbonyl (C=O) groups is 2. The Morgan fingerprint density at radius 1 is 0.786 bits per heavy atom. The first-order chi connectivity index (χ1) is 6.79. The minimum atomic E-state index is 0.0569. The van der Waals surface area contributed by atoms with Crippen molar-refractivity contribution in [3.05, 3.63) is 46.5 Å². The van der Waals surface area contributed by atoms with Gasteiger partial charge in [-0.05, 0) is 12.8 Å². The second-order valence-electron chi connectivity index (χ2n) is 3.66. The first kappa shape index (κ1) is 7.68. The third kappa shape index (κ3) is 0.757. The molecule has 2 heteroatoms. The van der Waals surface area contributed by atoms with Gasteiger partial charge in [0.1, 0.15) is 0 Å². The van der Waals surface area contributed by atoms with Gasteiger partial charge in [0.05, 0.1) is 0 Å². The van der Waals surface area contributed by atoms with Crippen LogP contribution in [-0.4, -0.2) is 11.6 Å². The van der Waals surface area contributed by atoms with Crippen LogP contribution in [0.2, 0.25) is 0 Å². The summed E-state index contributed by atoms with van der Waals surface area (Å²) in [4.78, 5) is 23.6. The lowest BCUT2D eigenvalue weighted by Crippen LogP contribution is -2.27. The Morgan fingerprint density at radius 2 is 1.21 bits per heavy atom. The first-order valence-corrected chi connectivity index (χ1v) is 4.69. The molecule has 0 saturated heterocycles. The Kier molecular flexibility index (Phi) is 1.32. The van der Waals surface area contributed by atoms with Gasteiger partial charge in [-0.3, -0.25) is 9.59 Å². The van der Waals surface area contributed by atoms with E-state index >= 15 is 0 Å². The Balaban J connectivity index is 2.30. The van der Waals surface area contributed by atoms with Gasteiger partial charge in [0, 0.05) is 22.3 Å². The summed E-state index contributed by atoms with van der Waals surface area (Å²) >= 11 is 0. The third-order valence-electron chi connectivity index (χ3n) is 2.95. The molecule has 2 nitrogen and oxygen atoms in total. The maximum Gasteiger partial charge on any atom is 0.190 e. The van der Waals surface area contributed by atoms with Crippen LogP contribution >= 0.6 is 0 Å². The summed E-state index contributed by atoms with van der Waals surface area (Å²) in [6, 6.07) is 7.07. The fourth-order valence-electron chi connectivity index (χ4n) is 2.08. The van der Waals surface area contributed by atoms with Gasteiger partial charge < -0.3 is 0 Å². The van der Waals surface area contributed by atoms with Crippen molar-refractivity contribution in [3.8, 4) is 0 Å². The number of allylic oxidation sites excluding steroid dienone is 2. The fourth-order valence-corrected chi connectivity index (χ4v) is 2.08. The number of carbonyl (C=O) groups excluding carboxylic acids is 2. The van der Waals surface area contributed by atoms with Crippen molar-refractivity contribution >= 4 is 11.6 Å². The van der Waals surface area contributed by atoms with Crippen molar-refractivity contribution in [3.63, 3.8) is 0 Å². The number of benzene rings is 1. The highest BCUT2D eigenvalue weighted by molar-refractivity contribution is 6.28. The van der Waals surface area contributed by atoms with Gasteiger partial charge >= 0.3 is 0 Å². The summed E-state index contributed by atoms with van der Waals surface area (Å²) in [6.07, 6.45) is 1.54. The van der Waals surface area contributed by atoms with Crippen LogP contribution in [0.3, 0.4) is 0 Å². The number of ketones is 2. The number of Topliss-reactive ketones (excluding diaryl/α,β-unsaturated/α-hetero) is 2. The zero-order chi connectivity index (χ0) is 9.71. The van der Waals surface area contributed by atoms with Crippen molar-refractivity contribution in [2.45, 2.75) is 12.8 Å². The molecule has 3 rings (SSSR count). The van der Waals surface area contributed by atoms with Crippen molar-refractivity contribution in [2.75, 3.05) is 0 Å². The SMILES string of the molecule is O=C1C2=C(CC2)C(=O)c2ccccc21. The molecule has 1 aromatic carbocycles. The molecule has 1 aromatic rings. The van der Waals surface area contributed by atoms with Gasteiger partial charge in [-0.1, -0.05) is 24.3 Å². The maximum absolute atomic E-state index is 11.8. The van der Waals surface area contributed by atoms with E-state index in [9.17, 15) is 9.59 Å². The summed E-state index contributed by atoms with van der Waals surface area (Å²) < 4.78 is 0. The first-order valence-electron chi connectivity index (χ1n) is 4.69. The van der Waals surface area contributed by atoms with Crippen LogP contribution in [0.1, 0.15) is 33.6 Å². The van der Waals surface area contributed by atoms with E-state index in [0.717, 1.165) is 24.0 Å². The van der Waals surface area contributed by atoms with Gasteiger partial charge in [0.15, 0.2) is 11.6 Å². The normalized spacial score (nSPS) is 18.9. The highest BCUT2D eigenvalue weighted by Crippen LogP contribution is 2.38. The van der Waals surface area contributed by atoms with Gasteiger partial charge in [0.25, 0.3) is 0 Å². The predicted octanol–water partition coefficient (Wildman–Crippen LogP) is 2.16. The molecule has 68 valence electrons. The van der Waals surface area contributed by atoms with Crippen molar-refractivity contribution in [2.24, 2.45) is 0 Å². The average molecular weight is 184 g/mol. The van der Waals surface area contributed by atoms with Gasteiger partial charge in [-0.25, -0.2) is 0 Å². The largest absolute Gasteiger partial charge is 0.289 e. The molecule has 0 aliphatic heterocycles. The van der Waals surface area contributed by atoms with E-state index in [1.54, 1.807) is 24.3 Å². The molecule has 2 aliphatic carbocycles. The minimum absolute atomic E-state index is 0.0569. The van der Waals surface area contributed by atoms with E-state index in [0.29, 0.717) is 11.1 Å². The molecular formula is C12H8O2. The summed E-state index contributed by atoms with van der Waals surface area (Å²) in [6.45, 7) is 0. The molecule has 0 spiro atoms. The zero-order valence-electron chi connectivity index (χ0n) is 7.54. The van der Waals surface area contributed by atoms with Crippen LogP contribution in [0.25, 0.3) is 0 Å². The molecular weight excluding hydrogens is 176 g/mol. The van der Waals surface area contributed by atoms with Crippen LogP contribution < -0.4 is 0 Å². The number of hydrogen-bond acceptors (Lipinski definition) is 2. The summed E-state index contributed by atoms with van der Waals surface area (Å²) in [5, 5.41) is 0. The number of rotatable bonds is 0. The smallest absolute Gasteiger partial charge is 0.190 e. The second-order valence-corrected chi connectivity index (χ2v) is 3.66. The number of hydrogen-bond donors (Lipinski definition) is 0. The molecule has 0 saturated carbocycles. The summed E-state index contributed by atoms with van der Waals surface area (Å²) in [5.41, 5.74) is 2.65. The van der Waals surface area contributed by atoms with Crippen LogP contribution in [-0.2, 0) is 0 Å². The molecule has 0 bridgehead atoms. The second kappa shape index (κ2) is 2.41. The highest BCUT2D eigenvalue weighted by Gasteiger charge is 2.36. The molecule has 2 aliphatic rings. The topological polar surface area (TPSA) is 34.1 Å². The van der Waals surface area contributed by atoms with Crippen LogP contribution in [0.15, 0.2) is 35.4 Å². The molecule has 0 amide bonds. The Morgan fingerprint density at radius 3 is 1.57 bits per heavy atom. The molecule has 0 N–H and O–H groups in total. The molecule has 0 heterocycles. The van der Waals surface area contributed by atoms with Gasteiger partial charge in [-0.15, -0.1) is 0 Å². The van der Waals surface area contributed by atoms with E-state index in [1.165, 1.54) is 0 Å². The third-order valence-corrected chi connectivity index (χ3v) is 2.95. The zero-order valence-corrected chi connectivity index (χ0v) is 7.54. The van der Waals surface area contributed by atoms with Crippen LogP contribution in [0, 0.1) is 0 Å². The minimum Gasteiger partial charge on any atom is -0.289 e. The Hall–Kier alpha value is -1.70. The molecule has 0 atom stereocenters. The maximum atomic E-state index is 11.8. The van der Waals surface area contributed by atoms with E-state index < -0.39 is 0 Å². The fraction of sp³-hybridized carbons (Fsp3) is 0.167. The highest BCUT2D eigenvalue weighted by atomic mass is 16.1. The molecule has 0 fully saturated rings. The van der Waals surface area contributed by atoms with E-state index in [4.69, 9.17) is 0 Å². The predicted molar refractivity (Wildman–Crippen MR) is 51.4 cm³/mol. The quantitative estimate of drug-likeness (QED) is 0.619. The Bertz CT molecular complexity index is 450. The van der Waals surface area contributed by atoms with E-state index in [-0.39, 0.29) is 11.6 Å². The van der Waals surface area contributed by atoms with E-state index in [1.807, 2.05) is 0 Å². The molecule has 0 unspecified atom stereocenters. The monoisotopic (exact) mass is 184 g/mol. The van der Waals surface area contributed by atoms with Crippen molar-refractivity contribution < 1.29 is 9.59 Å². The average Bonchev–Trinajstić information content (AvgIpc) is 2.14. The van der Waals surface area contributed by atoms with Gasteiger partial charge in [0.2, 0.25) is 0 Å². The summed E-state index contributed by atoms with van der Waals surface area (Å²) in [7, 11) is 0. The lowest BCUT2D eigenvalue weighted by molar-refractivity contribution is 0.0956. The summed E-state index contributed by atoms with van der Waals surface area (Å²) in [5.74, 6) is 0.114. The van der Waals surface area contributed by atoms with Crippen molar-refractivity contribution in [1.29, 1.82) is 0 Å². The Labute approximate surface area is 81.2 Å². The van der Waals surface area contributed by atoms with Gasteiger partial charge in [-0.2, -0.15) is 0 Å². The van der Waals surface area contributed by atoms with Crippen LogP contribution in [0.5, 0.6) is 0 Å². The standard InChI is InChI=1S/C12H8O2/c13-11-7-3-1-2-4-8(7)12(14)10-6-5-9(10)11/h1-4H,5-6H2. The molecule has 14 heavy (non-hydrogen) atoms. The van der Waals surface area contributed by atoms with Crippen LogP contribution in [0.4, 0.5) is 0 Å². The molecule has 0 radical (unpaired) electrons. The lowest BCUT2D eigenvalue weighted by atomic mass is 9.74. The number of fused-ring (bicyclic) bond motifs is 1. The lowest BCUT2D eigenvalue weighted by Gasteiger charge is -2.27. The van der Waals surface area contributed by atoms with Crippen molar-refractivity contribution in [1.82, 2.24) is 0 Å².